The van der Waals surface area contributed by atoms with Crippen LogP contribution in [0.25, 0.3) is 0 Å². The topological polar surface area (TPSA) is 29.1 Å². The minimum absolute atomic E-state index is 0.117. The number of hydrogen-bond donors (Lipinski definition) is 1. The van der Waals surface area contributed by atoms with E-state index in [2.05, 4.69) is 21.2 Å². The van der Waals surface area contributed by atoms with Gasteiger partial charge in [0.2, 0.25) is 5.91 Å². The molecule has 4 fully saturated rings. The first kappa shape index (κ1) is 15.0. The number of para-hydroxylation sites is 1. The molecule has 1 N–H and O–H groups in total. The Morgan fingerprint density at radius 1 is 1.23 bits per heavy atom. The number of amides is 1. The molecule has 1 aromatic carbocycles. The van der Waals surface area contributed by atoms with Crippen LogP contribution in [0.1, 0.15) is 44.9 Å². The van der Waals surface area contributed by atoms with E-state index in [1.807, 2.05) is 24.3 Å². The molecular formula is C18H21BrClNO. The molecule has 22 heavy (non-hydrogen) atoms. The zero-order valence-corrected chi connectivity index (χ0v) is 14.9. The van der Waals surface area contributed by atoms with Crippen molar-refractivity contribution in [3.63, 3.8) is 0 Å². The molecule has 1 aromatic rings. The molecule has 118 valence electrons. The Bertz CT molecular complexity index is 603. The normalized spacial score (nSPS) is 39.0. The fourth-order valence-electron chi connectivity index (χ4n) is 5.64. The molecule has 0 aromatic heterocycles. The van der Waals surface area contributed by atoms with Crippen molar-refractivity contribution in [2.75, 3.05) is 5.32 Å². The number of anilines is 1. The summed E-state index contributed by atoms with van der Waals surface area (Å²) in [7, 11) is 0. The van der Waals surface area contributed by atoms with E-state index in [-0.39, 0.29) is 11.3 Å². The van der Waals surface area contributed by atoms with E-state index in [1.165, 1.54) is 32.1 Å². The first-order valence-electron chi connectivity index (χ1n) is 8.19. The number of alkyl halides is 1. The second-order valence-electron chi connectivity index (χ2n) is 7.82. The van der Waals surface area contributed by atoms with Gasteiger partial charge in [0.1, 0.15) is 0 Å². The Balaban J connectivity index is 1.49. The maximum atomic E-state index is 12.6. The van der Waals surface area contributed by atoms with Gasteiger partial charge >= 0.3 is 0 Å². The molecular weight excluding hydrogens is 362 g/mol. The van der Waals surface area contributed by atoms with Crippen molar-refractivity contribution in [3.05, 3.63) is 29.3 Å². The summed E-state index contributed by atoms with van der Waals surface area (Å²) in [6, 6.07) is 7.46. The lowest BCUT2D eigenvalue weighted by Crippen LogP contribution is -2.53. The summed E-state index contributed by atoms with van der Waals surface area (Å²) in [6.07, 6.45) is 8.23. The maximum Gasteiger partial charge on any atom is 0.224 e. The van der Waals surface area contributed by atoms with Gasteiger partial charge in [-0.2, -0.15) is 0 Å². The maximum absolute atomic E-state index is 12.6. The van der Waals surface area contributed by atoms with E-state index < -0.39 is 0 Å². The van der Waals surface area contributed by atoms with E-state index in [9.17, 15) is 4.79 Å². The van der Waals surface area contributed by atoms with Crippen LogP contribution in [0.4, 0.5) is 5.69 Å². The summed E-state index contributed by atoms with van der Waals surface area (Å²) in [6.45, 7) is 0. The number of carbonyl (C=O) groups excluding carboxylic acids is 1. The van der Waals surface area contributed by atoms with Gasteiger partial charge in [-0.25, -0.2) is 0 Å². The molecule has 0 saturated heterocycles. The fraction of sp³-hybridized carbons (Fsp3) is 0.611. The third kappa shape index (κ3) is 2.71. The summed E-state index contributed by atoms with van der Waals surface area (Å²) in [4.78, 5) is 12.6. The number of halogens is 2. The Hall–Kier alpha value is -0.540. The van der Waals surface area contributed by atoms with Crippen LogP contribution in [0.3, 0.4) is 0 Å². The Kier molecular flexibility index (Phi) is 3.58. The predicted molar refractivity (Wildman–Crippen MR) is 93.5 cm³/mol. The average Bonchev–Trinajstić information content (AvgIpc) is 2.37. The second kappa shape index (κ2) is 5.24. The Morgan fingerprint density at radius 2 is 1.91 bits per heavy atom. The van der Waals surface area contributed by atoms with Crippen LogP contribution in [-0.4, -0.2) is 10.2 Å². The lowest BCUT2D eigenvalue weighted by molar-refractivity contribution is -0.123. The zero-order valence-electron chi connectivity index (χ0n) is 12.6. The van der Waals surface area contributed by atoms with Gasteiger partial charge in [0.15, 0.2) is 0 Å². The lowest BCUT2D eigenvalue weighted by atomic mass is 9.48. The Morgan fingerprint density at radius 3 is 2.55 bits per heavy atom. The zero-order chi connectivity index (χ0) is 15.4. The molecule has 4 aliphatic rings. The highest BCUT2D eigenvalue weighted by Crippen LogP contribution is 2.65. The molecule has 5 rings (SSSR count). The average molecular weight is 383 g/mol. The fourth-order valence-corrected chi connectivity index (χ4v) is 7.33. The van der Waals surface area contributed by atoms with Crippen LogP contribution in [0.5, 0.6) is 0 Å². The molecule has 2 unspecified atom stereocenters. The monoisotopic (exact) mass is 381 g/mol. The van der Waals surface area contributed by atoms with Gasteiger partial charge in [-0.15, -0.1) is 0 Å². The standard InChI is InChI=1S/C18H21BrClNO/c19-18-8-12-5-13(9-18)7-17(6-12,11-18)10-16(22)21-15-4-2-1-3-14(15)20/h1-4,12-13H,5-11H2,(H,21,22)/t12-,13+,17?,18?. The molecule has 2 nitrogen and oxygen atoms in total. The third-order valence-corrected chi connectivity index (χ3v) is 7.05. The van der Waals surface area contributed by atoms with Gasteiger partial charge in [0, 0.05) is 10.7 Å². The van der Waals surface area contributed by atoms with Crippen molar-refractivity contribution in [2.45, 2.75) is 49.3 Å². The summed E-state index contributed by atoms with van der Waals surface area (Å²) in [5.41, 5.74) is 0.936. The molecule has 4 atom stereocenters. The summed E-state index contributed by atoms with van der Waals surface area (Å²) in [5, 5.41) is 3.62. The molecule has 1 amide bonds. The number of benzene rings is 1. The summed E-state index contributed by atoms with van der Waals surface area (Å²) in [5.74, 6) is 1.74. The van der Waals surface area contributed by atoms with Crippen LogP contribution >= 0.6 is 27.5 Å². The predicted octanol–water partition coefficient (Wildman–Crippen LogP) is 5.40. The second-order valence-corrected chi connectivity index (χ2v) is 9.91. The van der Waals surface area contributed by atoms with Crippen LogP contribution in [0.2, 0.25) is 5.02 Å². The van der Waals surface area contributed by atoms with Crippen molar-refractivity contribution in [1.29, 1.82) is 0 Å². The van der Waals surface area contributed by atoms with Gasteiger partial charge in [-0.3, -0.25) is 4.79 Å². The van der Waals surface area contributed by atoms with E-state index in [4.69, 9.17) is 11.6 Å². The minimum Gasteiger partial charge on any atom is -0.325 e. The van der Waals surface area contributed by atoms with Gasteiger partial charge in [-0.1, -0.05) is 39.7 Å². The minimum atomic E-state index is 0.117. The summed E-state index contributed by atoms with van der Waals surface area (Å²) >= 11 is 10.2. The van der Waals surface area contributed by atoms with Crippen molar-refractivity contribution < 1.29 is 4.79 Å². The summed E-state index contributed by atoms with van der Waals surface area (Å²) < 4.78 is 0.307. The van der Waals surface area contributed by atoms with Crippen LogP contribution < -0.4 is 5.32 Å². The highest BCUT2D eigenvalue weighted by atomic mass is 79.9. The van der Waals surface area contributed by atoms with Crippen molar-refractivity contribution in [3.8, 4) is 0 Å². The van der Waals surface area contributed by atoms with Gasteiger partial charge in [0.25, 0.3) is 0 Å². The largest absolute Gasteiger partial charge is 0.325 e. The molecule has 0 aliphatic heterocycles. The third-order valence-electron chi connectivity index (χ3n) is 5.79. The highest BCUT2D eigenvalue weighted by Gasteiger charge is 2.57. The molecule has 4 heteroatoms. The first-order chi connectivity index (χ1) is 10.5. The van der Waals surface area contributed by atoms with Crippen molar-refractivity contribution >= 4 is 39.1 Å². The van der Waals surface area contributed by atoms with Crippen molar-refractivity contribution in [2.24, 2.45) is 17.3 Å². The number of nitrogens with one attached hydrogen (secondary N) is 1. The van der Waals surface area contributed by atoms with Crippen LogP contribution in [0.15, 0.2) is 24.3 Å². The number of rotatable bonds is 3. The van der Waals surface area contributed by atoms with E-state index in [1.54, 1.807) is 0 Å². The first-order valence-corrected chi connectivity index (χ1v) is 9.36. The van der Waals surface area contributed by atoms with Crippen LogP contribution in [-0.2, 0) is 4.79 Å². The van der Waals surface area contributed by atoms with Gasteiger partial charge in [-0.05, 0) is 67.9 Å². The van der Waals surface area contributed by atoms with E-state index in [0.29, 0.717) is 15.8 Å². The number of carbonyl (C=O) groups is 1. The quantitative estimate of drug-likeness (QED) is 0.696. The van der Waals surface area contributed by atoms with E-state index in [0.717, 1.165) is 23.9 Å². The van der Waals surface area contributed by atoms with Gasteiger partial charge in [0.05, 0.1) is 10.7 Å². The molecule has 0 heterocycles. The molecule has 4 aliphatic carbocycles. The van der Waals surface area contributed by atoms with Gasteiger partial charge < -0.3 is 5.32 Å². The molecule has 0 spiro atoms. The van der Waals surface area contributed by atoms with Crippen molar-refractivity contribution in [1.82, 2.24) is 0 Å². The van der Waals surface area contributed by atoms with Crippen LogP contribution in [0, 0.1) is 17.3 Å². The Labute approximate surface area is 145 Å². The van der Waals surface area contributed by atoms with E-state index >= 15 is 0 Å². The SMILES string of the molecule is O=C(CC12C[C@@H]3C[C@@H](CC(Br)(C3)C1)C2)Nc1ccccc1Cl. The molecule has 4 bridgehead atoms. The number of hydrogen-bond acceptors (Lipinski definition) is 1. The molecule has 4 saturated carbocycles. The highest BCUT2D eigenvalue weighted by molar-refractivity contribution is 9.10. The molecule has 0 radical (unpaired) electrons. The smallest absolute Gasteiger partial charge is 0.224 e. The lowest BCUT2D eigenvalue weighted by Gasteiger charge is -2.60.